The Morgan fingerprint density at radius 1 is 1.11 bits per heavy atom. The van der Waals surface area contributed by atoms with E-state index >= 15 is 0 Å². The molecule has 0 spiro atoms. The highest BCUT2D eigenvalue weighted by atomic mass is 16.4. The van der Waals surface area contributed by atoms with Crippen LogP contribution in [0.1, 0.15) is 60.3 Å². The van der Waals surface area contributed by atoms with E-state index in [1.165, 1.54) is 0 Å². The molecule has 0 aliphatic carbocycles. The van der Waals surface area contributed by atoms with Gasteiger partial charge in [0.2, 0.25) is 0 Å². The van der Waals surface area contributed by atoms with E-state index in [0.717, 1.165) is 12.8 Å². The molecule has 0 saturated heterocycles. The minimum absolute atomic E-state index is 0.000919. The number of rotatable bonds is 8. The highest BCUT2D eigenvalue weighted by Crippen LogP contribution is 2.34. The molecular formula is C15H28O4. The van der Waals surface area contributed by atoms with Crippen LogP contribution in [0.25, 0.3) is 0 Å². The van der Waals surface area contributed by atoms with Crippen LogP contribution in [0, 0.1) is 23.2 Å². The van der Waals surface area contributed by atoms with Crippen LogP contribution in [0.4, 0.5) is 0 Å². The summed E-state index contributed by atoms with van der Waals surface area (Å²) in [7, 11) is 0. The van der Waals surface area contributed by atoms with Gasteiger partial charge in [-0.25, -0.2) is 0 Å². The maximum atomic E-state index is 11.5. The molecule has 2 N–H and O–H groups in total. The van der Waals surface area contributed by atoms with E-state index in [1.807, 2.05) is 34.6 Å². The van der Waals surface area contributed by atoms with Crippen LogP contribution in [-0.4, -0.2) is 22.2 Å². The smallest absolute Gasteiger partial charge is 0.307 e. The van der Waals surface area contributed by atoms with Gasteiger partial charge in [-0.2, -0.15) is 0 Å². The molecule has 0 aliphatic rings. The van der Waals surface area contributed by atoms with Crippen molar-refractivity contribution >= 4 is 11.9 Å². The maximum absolute atomic E-state index is 11.5. The van der Waals surface area contributed by atoms with E-state index in [-0.39, 0.29) is 11.3 Å². The molecule has 4 nitrogen and oxygen atoms in total. The monoisotopic (exact) mass is 272 g/mol. The molecule has 0 aromatic rings. The van der Waals surface area contributed by atoms with Crippen molar-refractivity contribution < 1.29 is 19.8 Å². The standard InChI is InChI=1S/C15H28O4/c1-6-7-8-11(13(16)17)12(14(18)19)10(2)9-15(3,4)5/h10-12H,6-9H2,1-5H3,(H,16,17)(H,18,19). The number of carboxylic acid groups (broad SMARTS) is 2. The number of unbranched alkanes of at least 4 members (excludes halogenated alkanes) is 1. The molecular weight excluding hydrogens is 244 g/mol. The summed E-state index contributed by atoms with van der Waals surface area (Å²) in [6.45, 7) is 9.97. The molecule has 19 heavy (non-hydrogen) atoms. The van der Waals surface area contributed by atoms with Crippen LogP contribution in [0.5, 0.6) is 0 Å². The van der Waals surface area contributed by atoms with E-state index in [0.29, 0.717) is 12.8 Å². The van der Waals surface area contributed by atoms with Crippen LogP contribution < -0.4 is 0 Å². The predicted octanol–water partition coefficient (Wildman–Crippen LogP) is 3.65. The Hall–Kier alpha value is -1.06. The van der Waals surface area contributed by atoms with Crippen LogP contribution in [0.15, 0.2) is 0 Å². The van der Waals surface area contributed by atoms with Crippen molar-refractivity contribution in [1.82, 2.24) is 0 Å². The van der Waals surface area contributed by atoms with E-state index in [4.69, 9.17) is 0 Å². The Balaban J connectivity index is 5.03. The van der Waals surface area contributed by atoms with Gasteiger partial charge in [-0.05, 0) is 24.2 Å². The number of carbonyl (C=O) groups is 2. The van der Waals surface area contributed by atoms with E-state index in [9.17, 15) is 19.8 Å². The van der Waals surface area contributed by atoms with Gasteiger partial charge in [0.25, 0.3) is 0 Å². The molecule has 0 aromatic heterocycles. The minimum atomic E-state index is -0.986. The van der Waals surface area contributed by atoms with Gasteiger partial charge in [-0.15, -0.1) is 0 Å². The van der Waals surface area contributed by atoms with Gasteiger partial charge in [-0.1, -0.05) is 47.5 Å². The number of aliphatic carboxylic acids is 2. The molecule has 0 amide bonds. The molecule has 0 fully saturated rings. The highest BCUT2D eigenvalue weighted by molar-refractivity contribution is 5.80. The van der Waals surface area contributed by atoms with Crippen molar-refractivity contribution in [2.75, 3.05) is 0 Å². The molecule has 4 heteroatoms. The molecule has 0 saturated carbocycles. The molecule has 0 rings (SSSR count). The summed E-state index contributed by atoms with van der Waals surface area (Å²) in [5.74, 6) is -3.70. The lowest BCUT2D eigenvalue weighted by Gasteiger charge is -2.30. The zero-order valence-corrected chi connectivity index (χ0v) is 12.8. The first-order valence-corrected chi connectivity index (χ1v) is 7.05. The molecule has 3 unspecified atom stereocenters. The van der Waals surface area contributed by atoms with Gasteiger partial charge in [0.05, 0.1) is 11.8 Å². The van der Waals surface area contributed by atoms with Gasteiger partial charge in [0, 0.05) is 0 Å². The van der Waals surface area contributed by atoms with E-state index < -0.39 is 23.8 Å². The second-order valence-electron chi connectivity index (χ2n) is 6.69. The van der Waals surface area contributed by atoms with Crippen molar-refractivity contribution in [1.29, 1.82) is 0 Å². The van der Waals surface area contributed by atoms with E-state index in [2.05, 4.69) is 0 Å². The summed E-state index contributed by atoms with van der Waals surface area (Å²) in [5, 5.41) is 18.7. The predicted molar refractivity (Wildman–Crippen MR) is 75.0 cm³/mol. The Morgan fingerprint density at radius 3 is 1.95 bits per heavy atom. The summed E-state index contributed by atoms with van der Waals surface area (Å²) in [5.41, 5.74) is 0.000919. The molecule has 0 radical (unpaired) electrons. The third-order valence-corrected chi connectivity index (χ3v) is 3.45. The van der Waals surface area contributed by atoms with Gasteiger partial charge < -0.3 is 10.2 Å². The molecule has 0 aliphatic heterocycles. The third-order valence-electron chi connectivity index (χ3n) is 3.45. The molecule has 0 bridgehead atoms. The number of hydrogen-bond donors (Lipinski definition) is 2. The van der Waals surface area contributed by atoms with Crippen molar-refractivity contribution in [3.8, 4) is 0 Å². The minimum Gasteiger partial charge on any atom is -0.481 e. The Labute approximate surface area is 116 Å². The fourth-order valence-electron chi connectivity index (χ4n) is 2.79. The fourth-order valence-corrected chi connectivity index (χ4v) is 2.79. The van der Waals surface area contributed by atoms with Crippen LogP contribution >= 0.6 is 0 Å². The first kappa shape index (κ1) is 17.9. The summed E-state index contributed by atoms with van der Waals surface area (Å²) >= 11 is 0. The zero-order valence-electron chi connectivity index (χ0n) is 12.8. The first-order valence-electron chi connectivity index (χ1n) is 7.05. The van der Waals surface area contributed by atoms with Crippen molar-refractivity contribution in [3.05, 3.63) is 0 Å². The third kappa shape index (κ3) is 6.60. The fraction of sp³-hybridized carbons (Fsp3) is 0.867. The van der Waals surface area contributed by atoms with Crippen LogP contribution in [0.2, 0.25) is 0 Å². The highest BCUT2D eigenvalue weighted by Gasteiger charge is 2.38. The number of hydrogen-bond acceptors (Lipinski definition) is 2. The van der Waals surface area contributed by atoms with Gasteiger partial charge in [0.1, 0.15) is 0 Å². The van der Waals surface area contributed by atoms with Crippen molar-refractivity contribution in [2.24, 2.45) is 23.2 Å². The van der Waals surface area contributed by atoms with E-state index in [1.54, 1.807) is 0 Å². The molecule has 3 atom stereocenters. The van der Waals surface area contributed by atoms with Gasteiger partial charge >= 0.3 is 11.9 Å². The van der Waals surface area contributed by atoms with Gasteiger partial charge in [0.15, 0.2) is 0 Å². The SMILES string of the molecule is CCCCC(C(=O)O)C(C(=O)O)C(C)CC(C)(C)C. The quantitative estimate of drug-likeness (QED) is 0.707. The summed E-state index contributed by atoms with van der Waals surface area (Å²) in [4.78, 5) is 22.8. The Kier molecular flexibility index (Phi) is 7.09. The lowest BCUT2D eigenvalue weighted by molar-refractivity contribution is -0.156. The zero-order chi connectivity index (χ0) is 15.2. The normalized spacial score (nSPS) is 16.7. The first-order chi connectivity index (χ1) is 8.60. The second-order valence-corrected chi connectivity index (χ2v) is 6.69. The average molecular weight is 272 g/mol. The molecule has 0 aromatic carbocycles. The topological polar surface area (TPSA) is 74.6 Å². The van der Waals surface area contributed by atoms with Crippen molar-refractivity contribution in [3.63, 3.8) is 0 Å². The largest absolute Gasteiger partial charge is 0.481 e. The lowest BCUT2D eigenvalue weighted by atomic mass is 9.73. The molecule has 0 heterocycles. The van der Waals surface area contributed by atoms with Crippen molar-refractivity contribution in [2.45, 2.75) is 60.3 Å². The number of carboxylic acids is 2. The average Bonchev–Trinajstić information content (AvgIpc) is 2.19. The Morgan fingerprint density at radius 2 is 1.63 bits per heavy atom. The van der Waals surface area contributed by atoms with Gasteiger partial charge in [-0.3, -0.25) is 9.59 Å². The molecule has 112 valence electrons. The maximum Gasteiger partial charge on any atom is 0.307 e. The van der Waals surface area contributed by atoms with Crippen LogP contribution in [-0.2, 0) is 9.59 Å². The lowest BCUT2D eigenvalue weighted by Crippen LogP contribution is -2.36. The summed E-state index contributed by atoms with van der Waals surface area (Å²) in [6.07, 6.45) is 2.78. The van der Waals surface area contributed by atoms with Crippen LogP contribution in [0.3, 0.4) is 0 Å². The summed E-state index contributed by atoms with van der Waals surface area (Å²) in [6, 6.07) is 0. The Bertz CT molecular complexity index is 304. The summed E-state index contributed by atoms with van der Waals surface area (Å²) < 4.78 is 0. The second kappa shape index (κ2) is 7.51.